The molecule has 1 aliphatic carbocycles. The average molecular weight is 382 g/mol. The number of thiophene rings is 1. The van der Waals surface area contributed by atoms with Crippen molar-refractivity contribution in [3.05, 3.63) is 69.3 Å². The van der Waals surface area contributed by atoms with E-state index in [1.165, 1.54) is 17.0 Å². The lowest BCUT2D eigenvalue weighted by Gasteiger charge is -2.29. The van der Waals surface area contributed by atoms with Gasteiger partial charge in [-0.1, -0.05) is 18.2 Å². The third-order valence-electron chi connectivity index (χ3n) is 4.96. The van der Waals surface area contributed by atoms with E-state index in [2.05, 4.69) is 27.0 Å². The highest BCUT2D eigenvalue weighted by Gasteiger charge is 2.37. The Morgan fingerprint density at radius 2 is 2.04 bits per heavy atom. The molecular formula is C19H15FN4O2S. The Morgan fingerprint density at radius 1 is 1.15 bits per heavy atom. The van der Waals surface area contributed by atoms with Crippen LogP contribution in [0.4, 0.5) is 16.0 Å². The van der Waals surface area contributed by atoms with Crippen LogP contribution in [0.2, 0.25) is 0 Å². The van der Waals surface area contributed by atoms with Crippen molar-refractivity contribution in [2.75, 3.05) is 10.6 Å². The van der Waals surface area contributed by atoms with Crippen molar-refractivity contribution in [3.63, 3.8) is 0 Å². The maximum Gasteiger partial charge on any atom is 0.219 e. The molecule has 0 spiro atoms. The van der Waals surface area contributed by atoms with Crippen molar-refractivity contribution in [1.82, 2.24) is 10.3 Å². The molecule has 2 atom stereocenters. The Morgan fingerprint density at radius 3 is 2.85 bits per heavy atom. The first-order valence-electron chi connectivity index (χ1n) is 8.60. The monoisotopic (exact) mass is 382 g/mol. The Kier molecular flexibility index (Phi) is 3.78. The number of aromatic nitrogens is 2. The van der Waals surface area contributed by atoms with E-state index in [1.807, 2.05) is 11.4 Å². The first kappa shape index (κ1) is 16.2. The third kappa shape index (κ3) is 2.82. The minimum absolute atomic E-state index is 0.0333. The second-order valence-corrected chi connectivity index (χ2v) is 7.63. The molecule has 0 fully saturated rings. The lowest BCUT2D eigenvalue weighted by molar-refractivity contribution is -0.116. The van der Waals surface area contributed by atoms with Crippen molar-refractivity contribution in [3.8, 4) is 0 Å². The number of allylic oxidation sites excluding steroid dienone is 1. The summed E-state index contributed by atoms with van der Waals surface area (Å²) in [5, 5.41) is 16.2. The van der Waals surface area contributed by atoms with Gasteiger partial charge in [0.1, 0.15) is 5.82 Å². The van der Waals surface area contributed by atoms with E-state index in [0.29, 0.717) is 35.6 Å². The van der Waals surface area contributed by atoms with Crippen LogP contribution in [-0.4, -0.2) is 16.1 Å². The standard InChI is InChI=1S/C19H15FN4O2S/c20-12-4-1-3-10(7-12)17-16-13(21-18-19(22-17)24-26-23-18)8-11(9-14(16)25)15-5-2-6-27-15/h1-7,11,17H,8-9H2,(H,21,23)(H,22,24)/t11-,17+/m1/s1. The van der Waals surface area contributed by atoms with E-state index in [0.717, 1.165) is 5.70 Å². The number of Topliss-reactive ketones (excluding diaryl/α,β-unsaturated/α-hetero) is 1. The minimum Gasteiger partial charge on any atom is -0.353 e. The number of carbonyl (C=O) groups excluding carboxylic acids is 1. The molecule has 2 aromatic heterocycles. The molecule has 0 unspecified atom stereocenters. The van der Waals surface area contributed by atoms with Crippen LogP contribution in [0.3, 0.4) is 0 Å². The highest BCUT2D eigenvalue weighted by molar-refractivity contribution is 7.10. The van der Waals surface area contributed by atoms with Crippen LogP contribution in [0, 0.1) is 5.82 Å². The van der Waals surface area contributed by atoms with E-state index in [9.17, 15) is 9.18 Å². The fourth-order valence-corrected chi connectivity index (χ4v) is 4.59. The molecule has 136 valence electrons. The summed E-state index contributed by atoms with van der Waals surface area (Å²) in [6.07, 6.45) is 1.09. The zero-order chi connectivity index (χ0) is 18.4. The second-order valence-electron chi connectivity index (χ2n) is 6.65. The van der Waals surface area contributed by atoms with E-state index in [-0.39, 0.29) is 17.5 Å². The summed E-state index contributed by atoms with van der Waals surface area (Å²) < 4.78 is 18.7. The van der Waals surface area contributed by atoms with Gasteiger partial charge in [-0.15, -0.1) is 11.3 Å². The summed E-state index contributed by atoms with van der Waals surface area (Å²) in [6, 6.07) is 9.76. The van der Waals surface area contributed by atoms with Gasteiger partial charge in [0, 0.05) is 28.5 Å². The van der Waals surface area contributed by atoms with Gasteiger partial charge in [0.25, 0.3) is 0 Å². The molecule has 2 aliphatic rings. The zero-order valence-corrected chi connectivity index (χ0v) is 14.9. The number of hydrogen-bond donors (Lipinski definition) is 2. The van der Waals surface area contributed by atoms with Crippen molar-refractivity contribution in [2.24, 2.45) is 0 Å². The lowest BCUT2D eigenvalue weighted by Crippen LogP contribution is -2.26. The first-order valence-corrected chi connectivity index (χ1v) is 9.48. The Labute approximate surface area is 158 Å². The minimum atomic E-state index is -0.520. The predicted octanol–water partition coefficient (Wildman–Crippen LogP) is 4.25. The number of hydrogen-bond acceptors (Lipinski definition) is 7. The predicted molar refractivity (Wildman–Crippen MR) is 99.0 cm³/mol. The van der Waals surface area contributed by atoms with E-state index in [1.54, 1.807) is 23.5 Å². The molecule has 0 amide bonds. The number of carbonyl (C=O) groups is 1. The molecule has 1 aromatic carbocycles. The summed E-state index contributed by atoms with van der Waals surface area (Å²) in [5.74, 6) is 0.622. The molecule has 3 heterocycles. The number of rotatable bonds is 2. The van der Waals surface area contributed by atoms with Crippen LogP contribution in [0.15, 0.2) is 57.7 Å². The molecule has 5 rings (SSSR count). The molecule has 1 aliphatic heterocycles. The van der Waals surface area contributed by atoms with Gasteiger partial charge in [-0.3, -0.25) is 4.79 Å². The fraction of sp³-hybridized carbons (Fsp3) is 0.211. The maximum absolute atomic E-state index is 13.8. The SMILES string of the molecule is O=C1C[C@H](c2cccs2)CC2=C1[C@H](c1cccc(F)c1)Nc1nonc1N2. The number of ketones is 1. The van der Waals surface area contributed by atoms with Crippen LogP contribution in [0.25, 0.3) is 0 Å². The summed E-state index contributed by atoms with van der Waals surface area (Å²) in [6.45, 7) is 0. The number of nitrogens with zero attached hydrogens (tertiary/aromatic N) is 2. The quantitative estimate of drug-likeness (QED) is 0.690. The largest absolute Gasteiger partial charge is 0.353 e. The van der Waals surface area contributed by atoms with E-state index < -0.39 is 6.04 Å². The number of benzene rings is 1. The van der Waals surface area contributed by atoms with Crippen LogP contribution in [-0.2, 0) is 4.79 Å². The van der Waals surface area contributed by atoms with Crippen molar-refractivity contribution < 1.29 is 13.8 Å². The Bertz CT molecular complexity index is 1040. The molecule has 2 N–H and O–H groups in total. The van der Waals surface area contributed by atoms with Gasteiger partial charge >= 0.3 is 0 Å². The lowest BCUT2D eigenvalue weighted by atomic mass is 9.81. The Balaban J connectivity index is 1.62. The van der Waals surface area contributed by atoms with Gasteiger partial charge in [0.15, 0.2) is 5.78 Å². The molecule has 3 aromatic rings. The number of fused-ring (bicyclic) bond motifs is 1. The van der Waals surface area contributed by atoms with Gasteiger partial charge in [-0.25, -0.2) is 9.02 Å². The number of halogens is 1. The molecule has 8 heteroatoms. The van der Waals surface area contributed by atoms with Gasteiger partial charge < -0.3 is 10.6 Å². The summed E-state index contributed by atoms with van der Waals surface area (Å²) in [4.78, 5) is 14.3. The van der Waals surface area contributed by atoms with Gasteiger partial charge in [-0.2, -0.15) is 0 Å². The van der Waals surface area contributed by atoms with Crippen LogP contribution in [0.1, 0.15) is 35.2 Å². The summed E-state index contributed by atoms with van der Waals surface area (Å²) >= 11 is 1.65. The smallest absolute Gasteiger partial charge is 0.219 e. The van der Waals surface area contributed by atoms with E-state index >= 15 is 0 Å². The number of anilines is 2. The highest BCUT2D eigenvalue weighted by atomic mass is 32.1. The van der Waals surface area contributed by atoms with Gasteiger partial charge in [-0.05, 0) is 45.9 Å². The fourth-order valence-electron chi connectivity index (χ4n) is 3.76. The second kappa shape index (κ2) is 6.31. The molecular weight excluding hydrogens is 367 g/mol. The van der Waals surface area contributed by atoms with Crippen molar-refractivity contribution >= 4 is 28.8 Å². The molecule has 0 saturated heterocycles. The topological polar surface area (TPSA) is 80.1 Å². The number of nitrogens with one attached hydrogen (secondary N) is 2. The molecule has 6 nitrogen and oxygen atoms in total. The molecule has 0 bridgehead atoms. The first-order chi connectivity index (χ1) is 13.2. The van der Waals surface area contributed by atoms with E-state index in [4.69, 9.17) is 4.63 Å². The zero-order valence-electron chi connectivity index (χ0n) is 14.1. The summed E-state index contributed by atoms with van der Waals surface area (Å²) in [7, 11) is 0. The average Bonchev–Trinajstić information content (AvgIpc) is 3.30. The van der Waals surface area contributed by atoms with Crippen LogP contribution in [0.5, 0.6) is 0 Å². The molecule has 0 saturated carbocycles. The van der Waals surface area contributed by atoms with Crippen molar-refractivity contribution in [2.45, 2.75) is 24.8 Å². The van der Waals surface area contributed by atoms with Crippen LogP contribution < -0.4 is 10.6 Å². The summed E-state index contributed by atoms with van der Waals surface area (Å²) in [5.41, 5.74) is 2.04. The van der Waals surface area contributed by atoms with Gasteiger partial charge in [0.2, 0.25) is 11.6 Å². The normalized spacial score (nSPS) is 21.7. The van der Waals surface area contributed by atoms with Gasteiger partial charge in [0.05, 0.1) is 6.04 Å². The van der Waals surface area contributed by atoms with Crippen molar-refractivity contribution in [1.29, 1.82) is 0 Å². The third-order valence-corrected chi connectivity index (χ3v) is 6.00. The highest BCUT2D eigenvalue weighted by Crippen LogP contribution is 2.44. The maximum atomic E-state index is 13.8. The Hall–Kier alpha value is -3.00. The van der Waals surface area contributed by atoms with Crippen LogP contribution >= 0.6 is 11.3 Å². The molecule has 27 heavy (non-hydrogen) atoms. The molecule has 0 radical (unpaired) electrons.